The Morgan fingerprint density at radius 2 is 2.04 bits per heavy atom. The first-order chi connectivity index (χ1) is 13.0. The van der Waals surface area contributed by atoms with Gasteiger partial charge in [-0.15, -0.1) is 0 Å². The van der Waals surface area contributed by atoms with Crippen LogP contribution in [0.15, 0.2) is 47.6 Å². The zero-order valence-electron chi connectivity index (χ0n) is 14.2. The Labute approximate surface area is 154 Å². The van der Waals surface area contributed by atoms with E-state index in [0.29, 0.717) is 24.2 Å². The van der Waals surface area contributed by atoms with E-state index in [2.05, 4.69) is 15.8 Å². The number of nitrogens with zero attached hydrogens (tertiary/aromatic N) is 2. The minimum atomic E-state index is -0.491. The second-order valence-corrected chi connectivity index (χ2v) is 5.80. The smallest absolute Gasteiger partial charge is 0.277 e. The fraction of sp³-hybridized carbons (Fsp3) is 0.167. The molecule has 0 unspecified atom stereocenters. The number of fused-ring (bicyclic) bond motifs is 1. The van der Waals surface area contributed by atoms with Crippen molar-refractivity contribution in [1.82, 2.24) is 5.43 Å². The molecule has 0 spiro atoms. The number of benzene rings is 2. The number of ether oxygens (including phenoxy) is 1. The summed E-state index contributed by atoms with van der Waals surface area (Å²) in [6, 6.07) is 11.0. The molecule has 2 N–H and O–H groups in total. The average molecular weight is 368 g/mol. The number of rotatable bonds is 6. The monoisotopic (exact) mass is 368 g/mol. The van der Waals surface area contributed by atoms with Crippen LogP contribution in [0, 0.1) is 10.1 Å². The third-order valence-corrected chi connectivity index (χ3v) is 3.85. The van der Waals surface area contributed by atoms with E-state index < -0.39 is 10.8 Å². The fourth-order valence-electron chi connectivity index (χ4n) is 2.49. The Morgan fingerprint density at radius 1 is 1.26 bits per heavy atom. The topological polar surface area (TPSA) is 123 Å². The second-order valence-electron chi connectivity index (χ2n) is 5.80. The molecule has 0 aliphatic carbocycles. The minimum absolute atomic E-state index is 0.0126. The molecule has 2 amide bonds. The van der Waals surface area contributed by atoms with E-state index in [1.807, 2.05) is 0 Å². The molecule has 0 aromatic heterocycles. The van der Waals surface area contributed by atoms with Gasteiger partial charge in [0.2, 0.25) is 5.91 Å². The van der Waals surface area contributed by atoms with Gasteiger partial charge in [0.15, 0.2) is 6.61 Å². The molecule has 1 heterocycles. The maximum atomic E-state index is 11.8. The summed E-state index contributed by atoms with van der Waals surface area (Å²) in [7, 11) is 0. The number of amides is 2. The Hall–Kier alpha value is -3.75. The minimum Gasteiger partial charge on any atom is -0.484 e. The Kier molecular flexibility index (Phi) is 5.41. The average Bonchev–Trinajstić information content (AvgIpc) is 2.66. The Balaban J connectivity index is 1.48. The van der Waals surface area contributed by atoms with Crippen LogP contribution in [-0.2, 0) is 16.0 Å². The first-order valence-corrected chi connectivity index (χ1v) is 8.13. The van der Waals surface area contributed by atoms with Gasteiger partial charge in [-0.1, -0.05) is 0 Å². The Bertz CT molecular complexity index is 908. The molecular formula is C18H16N4O5. The van der Waals surface area contributed by atoms with Gasteiger partial charge in [0.05, 0.1) is 11.1 Å². The molecule has 1 aliphatic rings. The van der Waals surface area contributed by atoms with E-state index in [4.69, 9.17) is 4.74 Å². The van der Waals surface area contributed by atoms with Crippen molar-refractivity contribution >= 4 is 29.4 Å². The van der Waals surface area contributed by atoms with Gasteiger partial charge >= 0.3 is 0 Å². The molecule has 1 aliphatic heterocycles. The van der Waals surface area contributed by atoms with Crippen LogP contribution >= 0.6 is 0 Å². The summed E-state index contributed by atoms with van der Waals surface area (Å²) in [6.45, 7) is -0.219. The largest absolute Gasteiger partial charge is 0.484 e. The molecule has 0 fully saturated rings. The predicted octanol–water partition coefficient (Wildman–Crippen LogP) is 2.01. The van der Waals surface area contributed by atoms with Gasteiger partial charge in [-0.2, -0.15) is 5.10 Å². The van der Waals surface area contributed by atoms with E-state index in [0.717, 1.165) is 11.3 Å². The zero-order valence-corrected chi connectivity index (χ0v) is 14.2. The summed E-state index contributed by atoms with van der Waals surface area (Å²) in [4.78, 5) is 33.2. The van der Waals surface area contributed by atoms with Crippen LogP contribution in [0.3, 0.4) is 0 Å². The summed E-state index contributed by atoms with van der Waals surface area (Å²) in [5, 5.41) is 17.1. The lowest BCUT2D eigenvalue weighted by atomic mass is 10.0. The van der Waals surface area contributed by atoms with Crippen molar-refractivity contribution in [2.24, 2.45) is 5.10 Å². The number of non-ortho nitro benzene ring substituents is 1. The normalized spacial score (nSPS) is 13.0. The molecule has 0 bridgehead atoms. The highest BCUT2D eigenvalue weighted by molar-refractivity contribution is 5.94. The van der Waals surface area contributed by atoms with Gasteiger partial charge in [0.1, 0.15) is 5.75 Å². The Morgan fingerprint density at radius 3 is 2.78 bits per heavy atom. The van der Waals surface area contributed by atoms with Gasteiger partial charge in [-0.3, -0.25) is 19.7 Å². The maximum Gasteiger partial charge on any atom is 0.277 e. The summed E-state index contributed by atoms with van der Waals surface area (Å²) in [6.07, 6.45) is 2.43. The van der Waals surface area contributed by atoms with Gasteiger partial charge in [0.25, 0.3) is 11.6 Å². The van der Waals surface area contributed by atoms with E-state index >= 15 is 0 Å². The number of hydrogen-bond donors (Lipinski definition) is 2. The number of carbonyl (C=O) groups excluding carboxylic acids is 2. The second kappa shape index (κ2) is 8.09. The molecule has 2 aromatic rings. The lowest BCUT2D eigenvalue weighted by Crippen LogP contribution is -2.24. The predicted molar refractivity (Wildman–Crippen MR) is 97.7 cm³/mol. The number of anilines is 1. The van der Waals surface area contributed by atoms with Crippen molar-refractivity contribution in [2.45, 2.75) is 12.8 Å². The van der Waals surface area contributed by atoms with Crippen LogP contribution in [0.5, 0.6) is 5.75 Å². The number of carbonyl (C=O) groups is 2. The number of nitrogens with one attached hydrogen (secondary N) is 2. The number of nitro groups is 1. The lowest BCUT2D eigenvalue weighted by Gasteiger charge is -2.17. The van der Waals surface area contributed by atoms with Crippen molar-refractivity contribution in [3.8, 4) is 5.75 Å². The van der Waals surface area contributed by atoms with Gasteiger partial charge < -0.3 is 10.1 Å². The van der Waals surface area contributed by atoms with Crippen LogP contribution in [0.1, 0.15) is 17.5 Å². The van der Waals surface area contributed by atoms with Crippen molar-refractivity contribution in [2.75, 3.05) is 11.9 Å². The molecular weight excluding hydrogens is 352 g/mol. The SMILES string of the molecule is O=C(COc1ccc2c(c1)CCC(=O)N2)N/N=C/c1ccc([N+](=O)[O-])cc1. The van der Waals surface area contributed by atoms with Gasteiger partial charge in [-0.25, -0.2) is 5.43 Å². The van der Waals surface area contributed by atoms with Crippen LogP contribution < -0.4 is 15.5 Å². The molecule has 27 heavy (non-hydrogen) atoms. The van der Waals surface area contributed by atoms with E-state index in [-0.39, 0.29) is 18.2 Å². The van der Waals surface area contributed by atoms with Crippen molar-refractivity contribution in [3.05, 3.63) is 63.7 Å². The molecule has 2 aromatic carbocycles. The van der Waals surface area contributed by atoms with E-state index in [1.54, 1.807) is 18.2 Å². The number of hydrogen-bond acceptors (Lipinski definition) is 6. The summed E-state index contributed by atoms with van der Waals surface area (Å²) in [5.74, 6) is 0.0695. The number of aryl methyl sites for hydroxylation is 1. The van der Waals surface area contributed by atoms with Crippen molar-refractivity contribution in [1.29, 1.82) is 0 Å². The third kappa shape index (κ3) is 4.88. The molecule has 9 heteroatoms. The fourth-order valence-corrected chi connectivity index (χ4v) is 2.49. The molecule has 9 nitrogen and oxygen atoms in total. The lowest BCUT2D eigenvalue weighted by molar-refractivity contribution is -0.384. The molecule has 3 rings (SSSR count). The summed E-state index contributed by atoms with van der Waals surface area (Å²) >= 11 is 0. The highest BCUT2D eigenvalue weighted by Gasteiger charge is 2.15. The van der Waals surface area contributed by atoms with Crippen LogP contribution in [0.25, 0.3) is 0 Å². The van der Waals surface area contributed by atoms with Crippen molar-refractivity contribution in [3.63, 3.8) is 0 Å². The molecule has 0 radical (unpaired) electrons. The van der Waals surface area contributed by atoms with E-state index in [1.165, 1.54) is 30.5 Å². The molecule has 138 valence electrons. The first kappa shape index (κ1) is 18.1. The molecule has 0 atom stereocenters. The van der Waals surface area contributed by atoms with Crippen molar-refractivity contribution < 1.29 is 19.2 Å². The third-order valence-electron chi connectivity index (χ3n) is 3.85. The van der Waals surface area contributed by atoms with Gasteiger partial charge in [0, 0.05) is 24.2 Å². The number of nitro benzene ring substituents is 1. The summed E-state index contributed by atoms with van der Waals surface area (Å²) in [5.41, 5.74) is 4.63. The summed E-state index contributed by atoms with van der Waals surface area (Å²) < 4.78 is 5.43. The van der Waals surface area contributed by atoms with Crippen LogP contribution in [0.2, 0.25) is 0 Å². The highest BCUT2D eigenvalue weighted by atomic mass is 16.6. The van der Waals surface area contributed by atoms with Crippen LogP contribution in [-0.4, -0.2) is 29.6 Å². The first-order valence-electron chi connectivity index (χ1n) is 8.13. The quantitative estimate of drug-likeness (QED) is 0.459. The number of hydrazone groups is 1. The maximum absolute atomic E-state index is 11.8. The molecule has 0 saturated heterocycles. The van der Waals surface area contributed by atoms with Gasteiger partial charge in [-0.05, 0) is 47.9 Å². The van der Waals surface area contributed by atoms with E-state index in [9.17, 15) is 19.7 Å². The highest BCUT2D eigenvalue weighted by Crippen LogP contribution is 2.26. The molecule has 0 saturated carbocycles. The van der Waals surface area contributed by atoms with Crippen LogP contribution in [0.4, 0.5) is 11.4 Å². The standard InChI is InChI=1S/C18H16N4O5/c23-17-8-3-13-9-15(6-7-16(13)20-17)27-11-18(24)21-19-10-12-1-4-14(5-2-12)22(25)26/h1-2,4-7,9-10H,3,8,11H2,(H,20,23)(H,21,24)/b19-10+. The zero-order chi connectivity index (χ0) is 19.2.